The molecule has 3 rings (SSSR count). The molecule has 3 heterocycles. The van der Waals surface area contributed by atoms with Crippen LogP contribution in [0, 0.1) is 13.8 Å². The maximum atomic E-state index is 12.2. The molecule has 0 aliphatic carbocycles. The molecule has 1 amide bonds. The van der Waals surface area contributed by atoms with Crippen molar-refractivity contribution in [2.75, 3.05) is 6.54 Å². The molecule has 3 aromatic rings. The third-order valence-electron chi connectivity index (χ3n) is 3.89. The number of hydrogen-bond donors (Lipinski definition) is 2. The van der Waals surface area contributed by atoms with Gasteiger partial charge in [0.2, 0.25) is 0 Å². The van der Waals surface area contributed by atoms with E-state index >= 15 is 0 Å². The minimum atomic E-state index is -0.821. The highest BCUT2D eigenvalue weighted by Gasteiger charge is 2.14. The summed E-state index contributed by atoms with van der Waals surface area (Å²) < 4.78 is 3.30. The summed E-state index contributed by atoms with van der Waals surface area (Å²) in [5.41, 5.74) is 2.94. The van der Waals surface area contributed by atoms with Crippen LogP contribution in [0.2, 0.25) is 0 Å². The van der Waals surface area contributed by atoms with Crippen LogP contribution in [0.1, 0.15) is 33.5 Å². The van der Waals surface area contributed by atoms with E-state index in [2.05, 4.69) is 20.5 Å². The van der Waals surface area contributed by atoms with Crippen LogP contribution in [0.3, 0.4) is 0 Å². The van der Waals surface area contributed by atoms with Gasteiger partial charge in [0.15, 0.2) is 5.82 Å². The number of carbonyl (C=O) groups is 1. The zero-order chi connectivity index (χ0) is 18.0. The van der Waals surface area contributed by atoms with Crippen LogP contribution < -0.4 is 5.32 Å². The first kappa shape index (κ1) is 16.8. The fourth-order valence-corrected chi connectivity index (χ4v) is 2.61. The smallest absolute Gasteiger partial charge is 0.252 e. The third kappa shape index (κ3) is 3.58. The highest BCUT2D eigenvalue weighted by atomic mass is 16.3. The highest BCUT2D eigenvalue weighted by Crippen LogP contribution is 2.12. The van der Waals surface area contributed by atoms with E-state index in [0.29, 0.717) is 17.1 Å². The number of carbonyl (C=O) groups excluding carboxylic acids is 1. The average molecular weight is 340 g/mol. The number of aryl methyl sites for hydroxylation is 3. The van der Waals surface area contributed by atoms with Crippen molar-refractivity contribution in [1.29, 1.82) is 0 Å². The molecular formula is C17H20N6O2. The number of pyridine rings is 1. The van der Waals surface area contributed by atoms with Gasteiger partial charge in [-0.15, -0.1) is 0 Å². The van der Waals surface area contributed by atoms with E-state index < -0.39 is 6.10 Å². The normalized spacial score (nSPS) is 12.2. The van der Waals surface area contributed by atoms with Crippen molar-refractivity contribution in [3.8, 4) is 5.82 Å². The van der Waals surface area contributed by atoms with Crippen molar-refractivity contribution in [3.63, 3.8) is 0 Å². The van der Waals surface area contributed by atoms with Gasteiger partial charge in [-0.05, 0) is 38.1 Å². The topological polar surface area (TPSA) is 97.9 Å². The summed E-state index contributed by atoms with van der Waals surface area (Å²) in [5, 5.41) is 21.2. The minimum absolute atomic E-state index is 0.0948. The van der Waals surface area contributed by atoms with Crippen LogP contribution >= 0.6 is 0 Å². The average Bonchev–Trinajstić information content (AvgIpc) is 3.17. The van der Waals surface area contributed by atoms with E-state index in [1.54, 1.807) is 40.8 Å². The van der Waals surface area contributed by atoms with Gasteiger partial charge in [0, 0.05) is 31.7 Å². The summed E-state index contributed by atoms with van der Waals surface area (Å²) in [6.07, 6.45) is 2.28. The standard InChI is InChI=1S/C17H20N6O2/c1-11-8-12(2)23(21-11)16-5-4-13(9-18-16)17(25)19-10-15(24)14-6-7-20-22(14)3/h4-9,15,24H,10H2,1-3H3,(H,19,25). The molecule has 3 aromatic heterocycles. The number of aromatic nitrogens is 5. The van der Waals surface area contributed by atoms with Crippen molar-refractivity contribution >= 4 is 5.91 Å². The molecule has 0 spiro atoms. The molecule has 0 saturated carbocycles. The predicted molar refractivity (Wildman–Crippen MR) is 91.3 cm³/mol. The van der Waals surface area contributed by atoms with Gasteiger partial charge in [0.1, 0.15) is 6.10 Å². The molecule has 2 N–H and O–H groups in total. The number of rotatable bonds is 5. The summed E-state index contributed by atoms with van der Waals surface area (Å²) in [6, 6.07) is 7.10. The molecule has 0 saturated heterocycles. The molecule has 0 aromatic carbocycles. The maximum absolute atomic E-state index is 12.2. The second-order valence-corrected chi connectivity index (χ2v) is 5.85. The van der Waals surface area contributed by atoms with E-state index in [1.807, 2.05) is 19.9 Å². The Morgan fingerprint density at radius 3 is 2.68 bits per heavy atom. The van der Waals surface area contributed by atoms with Gasteiger partial charge < -0.3 is 10.4 Å². The Bertz CT molecular complexity index is 881. The number of nitrogens with zero attached hydrogens (tertiary/aromatic N) is 5. The van der Waals surface area contributed by atoms with Gasteiger partial charge in [-0.25, -0.2) is 9.67 Å². The van der Waals surface area contributed by atoms with Gasteiger partial charge in [0.05, 0.1) is 17.0 Å². The van der Waals surface area contributed by atoms with Gasteiger partial charge in [0.25, 0.3) is 5.91 Å². The number of amides is 1. The SMILES string of the molecule is Cc1cc(C)n(-c2ccc(C(=O)NCC(O)c3ccnn3C)cn2)n1. The second kappa shape index (κ2) is 6.86. The number of aliphatic hydroxyl groups excluding tert-OH is 1. The second-order valence-electron chi connectivity index (χ2n) is 5.85. The van der Waals surface area contributed by atoms with E-state index in [0.717, 1.165) is 11.4 Å². The van der Waals surface area contributed by atoms with E-state index in [4.69, 9.17) is 0 Å². The van der Waals surface area contributed by atoms with Crippen LogP contribution in [-0.2, 0) is 7.05 Å². The largest absolute Gasteiger partial charge is 0.385 e. The Morgan fingerprint density at radius 1 is 1.32 bits per heavy atom. The van der Waals surface area contributed by atoms with E-state index in [1.165, 1.54) is 6.20 Å². The molecule has 1 unspecified atom stereocenters. The van der Waals surface area contributed by atoms with Crippen molar-refractivity contribution in [2.45, 2.75) is 20.0 Å². The lowest BCUT2D eigenvalue weighted by Crippen LogP contribution is -2.29. The molecule has 0 aliphatic rings. The molecule has 8 heteroatoms. The zero-order valence-corrected chi connectivity index (χ0v) is 14.3. The zero-order valence-electron chi connectivity index (χ0n) is 14.3. The molecule has 0 aliphatic heterocycles. The maximum Gasteiger partial charge on any atom is 0.252 e. The Morgan fingerprint density at radius 2 is 2.12 bits per heavy atom. The van der Waals surface area contributed by atoms with Crippen LogP contribution in [0.25, 0.3) is 5.82 Å². The molecule has 0 bridgehead atoms. The fourth-order valence-electron chi connectivity index (χ4n) is 2.61. The number of nitrogens with one attached hydrogen (secondary N) is 1. The molecule has 0 radical (unpaired) electrons. The molecule has 0 fully saturated rings. The van der Waals surface area contributed by atoms with Gasteiger partial charge in [-0.1, -0.05) is 0 Å². The lowest BCUT2D eigenvalue weighted by Gasteiger charge is -2.12. The van der Waals surface area contributed by atoms with Crippen molar-refractivity contribution in [3.05, 3.63) is 59.3 Å². The van der Waals surface area contributed by atoms with Crippen LogP contribution in [-0.4, -0.2) is 42.1 Å². The van der Waals surface area contributed by atoms with E-state index in [9.17, 15) is 9.90 Å². The molecule has 1 atom stereocenters. The number of hydrogen-bond acceptors (Lipinski definition) is 5. The third-order valence-corrected chi connectivity index (χ3v) is 3.89. The highest BCUT2D eigenvalue weighted by molar-refractivity contribution is 5.93. The first-order valence-electron chi connectivity index (χ1n) is 7.89. The monoisotopic (exact) mass is 340 g/mol. The van der Waals surface area contributed by atoms with E-state index in [-0.39, 0.29) is 12.5 Å². The lowest BCUT2D eigenvalue weighted by molar-refractivity contribution is 0.0911. The molecule has 25 heavy (non-hydrogen) atoms. The number of aliphatic hydroxyl groups is 1. The van der Waals surface area contributed by atoms with Gasteiger partial charge >= 0.3 is 0 Å². The first-order chi connectivity index (χ1) is 12.0. The predicted octanol–water partition coefficient (Wildman–Crippen LogP) is 1.08. The summed E-state index contributed by atoms with van der Waals surface area (Å²) >= 11 is 0. The van der Waals surface area contributed by atoms with Crippen LogP contribution in [0.5, 0.6) is 0 Å². The minimum Gasteiger partial charge on any atom is -0.385 e. The molecular weight excluding hydrogens is 320 g/mol. The molecule has 8 nitrogen and oxygen atoms in total. The Labute approximate surface area is 145 Å². The first-order valence-corrected chi connectivity index (χ1v) is 7.89. The summed E-state index contributed by atoms with van der Waals surface area (Å²) in [7, 11) is 1.74. The van der Waals surface area contributed by atoms with Crippen molar-refractivity contribution in [1.82, 2.24) is 29.9 Å². The van der Waals surface area contributed by atoms with Crippen molar-refractivity contribution < 1.29 is 9.90 Å². The summed E-state index contributed by atoms with van der Waals surface area (Å²) in [4.78, 5) is 16.5. The molecule has 130 valence electrons. The Kier molecular flexibility index (Phi) is 4.62. The fraction of sp³-hybridized carbons (Fsp3) is 0.294. The van der Waals surface area contributed by atoms with Crippen molar-refractivity contribution in [2.24, 2.45) is 7.05 Å². The van der Waals surface area contributed by atoms with Crippen LogP contribution in [0.15, 0.2) is 36.7 Å². The Hall–Kier alpha value is -3.00. The Balaban J connectivity index is 1.65. The summed E-state index contributed by atoms with van der Waals surface area (Å²) in [5.74, 6) is 0.353. The van der Waals surface area contributed by atoms with Gasteiger partial charge in [-0.3, -0.25) is 9.48 Å². The summed E-state index contributed by atoms with van der Waals surface area (Å²) in [6.45, 7) is 3.96. The lowest BCUT2D eigenvalue weighted by atomic mass is 10.2. The van der Waals surface area contributed by atoms with Gasteiger partial charge in [-0.2, -0.15) is 10.2 Å². The van der Waals surface area contributed by atoms with Crippen LogP contribution in [0.4, 0.5) is 0 Å². The quantitative estimate of drug-likeness (QED) is 0.724.